The van der Waals surface area contributed by atoms with E-state index >= 15 is 0 Å². The number of carboxylic acid groups (broad SMARTS) is 1. The normalized spacial score (nSPS) is 27.3. The number of hydrogen-bond acceptors (Lipinski definition) is 5. The molecule has 1 N–H and O–H groups in total. The van der Waals surface area contributed by atoms with Gasteiger partial charge in [-0.2, -0.15) is 8.42 Å². The summed E-state index contributed by atoms with van der Waals surface area (Å²) in [5.41, 5.74) is 0. The van der Waals surface area contributed by atoms with Crippen molar-refractivity contribution in [3.8, 4) is 0 Å². The van der Waals surface area contributed by atoms with Crippen molar-refractivity contribution in [2.45, 2.75) is 18.6 Å². The number of halogens is 1. The van der Waals surface area contributed by atoms with Gasteiger partial charge in [0.15, 0.2) is 0 Å². The number of rotatable bonds is 3. The Labute approximate surface area is 94.7 Å². The lowest BCUT2D eigenvalue weighted by Gasteiger charge is -2.12. The van der Waals surface area contributed by atoms with Crippen LogP contribution in [0.25, 0.3) is 0 Å². The van der Waals surface area contributed by atoms with E-state index in [9.17, 15) is 13.2 Å². The van der Waals surface area contributed by atoms with E-state index in [4.69, 9.17) is 9.29 Å². The van der Waals surface area contributed by atoms with Gasteiger partial charge in [0, 0.05) is 13.0 Å². The van der Waals surface area contributed by atoms with Crippen molar-refractivity contribution < 1.29 is 22.5 Å². The second-order valence-electron chi connectivity index (χ2n) is 3.45. The molecule has 0 spiro atoms. The smallest absolute Gasteiger partial charge is 0.321 e. The predicted molar refractivity (Wildman–Crippen MR) is 55.6 cm³/mol. The van der Waals surface area contributed by atoms with Crippen molar-refractivity contribution in [1.82, 2.24) is 4.90 Å². The quantitative estimate of drug-likeness (QED) is 0.691. The molecule has 0 aromatic carbocycles. The molecule has 0 radical (unpaired) electrons. The van der Waals surface area contributed by atoms with Gasteiger partial charge in [-0.25, -0.2) is 0 Å². The predicted octanol–water partition coefficient (Wildman–Crippen LogP) is -0.458. The number of likely N-dealkylation sites (tertiary alicyclic amines) is 1. The zero-order valence-electron chi connectivity index (χ0n) is 8.41. The minimum Gasteiger partial charge on any atom is -0.480 e. The van der Waals surface area contributed by atoms with E-state index < -0.39 is 28.2 Å². The molecule has 2 atom stereocenters. The lowest BCUT2D eigenvalue weighted by atomic mass is 10.2. The van der Waals surface area contributed by atoms with Crippen molar-refractivity contribution in [3.63, 3.8) is 0 Å². The molecular weight excluding hydrogens is 246 g/mol. The first-order valence-corrected chi connectivity index (χ1v) is 5.92. The standard InChI is InChI=1S/C7H13NO5S.ClH/c1-8-4-5(13-14(2,11)12)3-6(8)7(9)10;/h5-6H,3-4H2,1-2H3,(H,9,10);1H/t5-,6+;/m1./s1. The molecule has 1 aliphatic heterocycles. The summed E-state index contributed by atoms with van der Waals surface area (Å²) in [6.07, 6.45) is 0.621. The summed E-state index contributed by atoms with van der Waals surface area (Å²) in [6.45, 7) is 0.323. The maximum absolute atomic E-state index is 10.8. The average molecular weight is 260 g/mol. The molecule has 1 saturated heterocycles. The van der Waals surface area contributed by atoms with Crippen LogP contribution in [0.15, 0.2) is 0 Å². The molecule has 0 aliphatic carbocycles. The van der Waals surface area contributed by atoms with Crippen LogP contribution >= 0.6 is 12.4 Å². The first kappa shape index (κ1) is 14.6. The van der Waals surface area contributed by atoms with Crippen LogP contribution < -0.4 is 0 Å². The van der Waals surface area contributed by atoms with Crippen LogP contribution in [-0.2, 0) is 19.1 Å². The topological polar surface area (TPSA) is 83.9 Å². The van der Waals surface area contributed by atoms with Crippen LogP contribution in [0, 0.1) is 0 Å². The van der Waals surface area contributed by atoms with Gasteiger partial charge in [-0.15, -0.1) is 12.4 Å². The van der Waals surface area contributed by atoms with Gasteiger partial charge < -0.3 is 5.11 Å². The summed E-state index contributed by atoms with van der Waals surface area (Å²) >= 11 is 0. The van der Waals surface area contributed by atoms with Crippen molar-refractivity contribution in [2.75, 3.05) is 19.8 Å². The Morgan fingerprint density at radius 2 is 2.07 bits per heavy atom. The van der Waals surface area contributed by atoms with Gasteiger partial charge in [0.2, 0.25) is 0 Å². The summed E-state index contributed by atoms with van der Waals surface area (Å²) < 4.78 is 26.3. The molecule has 1 aliphatic rings. The molecule has 0 unspecified atom stereocenters. The Balaban J connectivity index is 0.00000196. The lowest BCUT2D eigenvalue weighted by molar-refractivity contribution is -0.141. The highest BCUT2D eigenvalue weighted by atomic mass is 35.5. The van der Waals surface area contributed by atoms with Gasteiger partial charge in [0.1, 0.15) is 6.04 Å². The highest BCUT2D eigenvalue weighted by Crippen LogP contribution is 2.19. The molecule has 0 bridgehead atoms. The fraction of sp³-hybridized carbons (Fsp3) is 0.857. The van der Waals surface area contributed by atoms with Gasteiger partial charge in [0.05, 0.1) is 12.4 Å². The Morgan fingerprint density at radius 3 is 2.40 bits per heavy atom. The zero-order valence-corrected chi connectivity index (χ0v) is 10.0. The van der Waals surface area contributed by atoms with Crippen LogP contribution in [0.5, 0.6) is 0 Å². The molecule has 0 saturated carbocycles. The number of hydrogen-bond donors (Lipinski definition) is 1. The lowest BCUT2D eigenvalue weighted by Crippen LogP contribution is -2.32. The van der Waals surface area contributed by atoms with E-state index in [1.807, 2.05) is 0 Å². The fourth-order valence-electron chi connectivity index (χ4n) is 1.56. The van der Waals surface area contributed by atoms with E-state index in [2.05, 4.69) is 0 Å². The van der Waals surface area contributed by atoms with Crippen LogP contribution in [0.2, 0.25) is 0 Å². The molecule has 0 aromatic heterocycles. The Morgan fingerprint density at radius 1 is 1.53 bits per heavy atom. The number of nitrogens with zero attached hydrogens (tertiary/aromatic N) is 1. The third-order valence-electron chi connectivity index (χ3n) is 2.11. The van der Waals surface area contributed by atoms with Crippen LogP contribution in [0.4, 0.5) is 0 Å². The van der Waals surface area contributed by atoms with Crippen molar-refractivity contribution in [2.24, 2.45) is 0 Å². The molecule has 8 heteroatoms. The minimum absolute atomic E-state index is 0. The number of carboxylic acids is 1. The second kappa shape index (κ2) is 5.11. The van der Waals surface area contributed by atoms with Crippen molar-refractivity contribution in [1.29, 1.82) is 0 Å². The van der Waals surface area contributed by atoms with Crippen LogP contribution in [0.1, 0.15) is 6.42 Å². The van der Waals surface area contributed by atoms with Crippen LogP contribution in [0.3, 0.4) is 0 Å². The van der Waals surface area contributed by atoms with Gasteiger partial charge in [0.25, 0.3) is 10.1 Å². The van der Waals surface area contributed by atoms with Crippen LogP contribution in [-0.4, -0.2) is 56.4 Å². The van der Waals surface area contributed by atoms with E-state index in [0.29, 0.717) is 6.54 Å². The molecule has 0 aromatic rings. The summed E-state index contributed by atoms with van der Waals surface area (Å²) in [5.74, 6) is -0.952. The summed E-state index contributed by atoms with van der Waals surface area (Å²) in [7, 11) is -1.87. The first-order chi connectivity index (χ1) is 6.29. The number of aliphatic carboxylic acids is 1. The second-order valence-corrected chi connectivity index (χ2v) is 5.05. The van der Waals surface area contributed by atoms with Gasteiger partial charge in [-0.1, -0.05) is 0 Å². The third kappa shape index (κ3) is 4.33. The number of likely N-dealkylation sites (N-methyl/N-ethyl adjacent to an activating group) is 1. The molecule has 1 rings (SSSR count). The first-order valence-electron chi connectivity index (χ1n) is 4.11. The third-order valence-corrected chi connectivity index (χ3v) is 2.73. The van der Waals surface area contributed by atoms with E-state index in [-0.39, 0.29) is 18.8 Å². The monoisotopic (exact) mass is 259 g/mol. The van der Waals surface area contributed by atoms with E-state index in [0.717, 1.165) is 6.26 Å². The zero-order chi connectivity index (χ0) is 10.9. The SMILES string of the molecule is CN1C[C@H](OS(C)(=O)=O)C[C@H]1C(=O)O.Cl. The number of carbonyl (C=O) groups is 1. The Hall–Kier alpha value is -0.370. The van der Waals surface area contributed by atoms with E-state index in [1.165, 1.54) is 0 Å². The maximum atomic E-state index is 10.8. The maximum Gasteiger partial charge on any atom is 0.321 e. The molecule has 6 nitrogen and oxygen atoms in total. The van der Waals surface area contributed by atoms with Gasteiger partial charge in [-0.05, 0) is 7.05 Å². The molecule has 1 fully saturated rings. The fourth-order valence-corrected chi connectivity index (χ4v) is 2.19. The minimum atomic E-state index is -3.50. The van der Waals surface area contributed by atoms with Gasteiger partial charge in [-0.3, -0.25) is 13.9 Å². The summed E-state index contributed by atoms with van der Waals surface area (Å²) in [5, 5.41) is 8.75. The van der Waals surface area contributed by atoms with Gasteiger partial charge >= 0.3 is 5.97 Å². The van der Waals surface area contributed by atoms with Crippen molar-refractivity contribution in [3.05, 3.63) is 0 Å². The molecular formula is C7H14ClNO5S. The Kier molecular flexibility index (Phi) is 4.98. The molecule has 0 amide bonds. The van der Waals surface area contributed by atoms with Crippen molar-refractivity contribution >= 4 is 28.5 Å². The molecule has 90 valence electrons. The average Bonchev–Trinajstić information content (AvgIpc) is 2.26. The molecule has 15 heavy (non-hydrogen) atoms. The molecule has 1 heterocycles. The van der Waals surface area contributed by atoms with E-state index in [1.54, 1.807) is 11.9 Å². The Bertz CT molecular complexity index is 330. The highest BCUT2D eigenvalue weighted by Gasteiger charge is 2.36. The summed E-state index contributed by atoms with van der Waals surface area (Å²) in [4.78, 5) is 12.2. The highest BCUT2D eigenvalue weighted by molar-refractivity contribution is 7.86. The summed E-state index contributed by atoms with van der Waals surface area (Å²) in [6, 6.07) is -0.651. The largest absolute Gasteiger partial charge is 0.480 e.